The summed E-state index contributed by atoms with van der Waals surface area (Å²) in [4.78, 5) is 36.9. The molecule has 6 nitrogen and oxygen atoms in total. The Labute approximate surface area is 215 Å². The number of aryl methyl sites for hydroxylation is 2. The van der Waals surface area contributed by atoms with E-state index >= 15 is 0 Å². The van der Waals surface area contributed by atoms with Crippen LogP contribution in [-0.4, -0.2) is 24.3 Å². The average molecular weight is 497 g/mol. The minimum absolute atomic E-state index is 0.0407. The molecule has 0 amide bonds. The Bertz CT molecular complexity index is 1030. The van der Waals surface area contributed by atoms with Crippen molar-refractivity contribution >= 4 is 17.7 Å². The number of esters is 2. The molecule has 6 heteroatoms. The summed E-state index contributed by atoms with van der Waals surface area (Å²) in [5, 5.41) is 0. The molecule has 0 spiro atoms. The van der Waals surface area contributed by atoms with Crippen LogP contribution in [0.25, 0.3) is 0 Å². The van der Waals surface area contributed by atoms with Gasteiger partial charge in [-0.2, -0.15) is 0 Å². The van der Waals surface area contributed by atoms with Crippen molar-refractivity contribution in [2.45, 2.75) is 75.2 Å². The molecule has 0 radical (unpaired) electrons. The number of rotatable bonds is 8. The van der Waals surface area contributed by atoms with E-state index in [0.717, 1.165) is 11.1 Å². The molecule has 0 aliphatic rings. The van der Waals surface area contributed by atoms with Gasteiger partial charge in [-0.15, -0.1) is 0 Å². The largest absolute Gasteiger partial charge is 0.486 e. The van der Waals surface area contributed by atoms with Crippen molar-refractivity contribution in [3.63, 3.8) is 0 Å². The summed E-state index contributed by atoms with van der Waals surface area (Å²) < 4.78 is 16.8. The van der Waals surface area contributed by atoms with E-state index in [1.807, 2.05) is 45.0 Å². The van der Waals surface area contributed by atoms with Crippen LogP contribution in [0.4, 0.5) is 0 Å². The maximum atomic E-state index is 12.4. The number of carbonyl (C=O) groups excluding carboxylic acids is 3. The first kappa shape index (κ1) is 29.1. The van der Waals surface area contributed by atoms with Gasteiger partial charge in [0, 0.05) is 11.5 Å². The fraction of sp³-hybridized carbons (Fsp3) is 0.500. The molecule has 0 unspecified atom stereocenters. The van der Waals surface area contributed by atoms with Crippen LogP contribution in [0.5, 0.6) is 17.2 Å². The van der Waals surface area contributed by atoms with Crippen molar-refractivity contribution in [1.82, 2.24) is 0 Å². The SMILES string of the molecule is CC(C)(C)C(=O)COc1ccc(CCc2cc(OC(=O)C(C)(C)C)cc(OC(=O)C(C)(C)C)c2)cc1. The molecule has 2 aromatic rings. The molecule has 0 aliphatic heterocycles. The Hall–Kier alpha value is -3.15. The average Bonchev–Trinajstić information content (AvgIpc) is 2.74. The second kappa shape index (κ2) is 11.3. The highest BCUT2D eigenvalue weighted by Crippen LogP contribution is 2.28. The third kappa shape index (κ3) is 9.14. The number of benzene rings is 2. The molecule has 36 heavy (non-hydrogen) atoms. The number of ketones is 1. The second-order valence-electron chi connectivity index (χ2n) is 12.2. The van der Waals surface area contributed by atoms with Crippen molar-refractivity contribution in [3.8, 4) is 17.2 Å². The van der Waals surface area contributed by atoms with Gasteiger partial charge < -0.3 is 14.2 Å². The van der Waals surface area contributed by atoms with Crippen molar-refractivity contribution < 1.29 is 28.6 Å². The normalized spacial score (nSPS) is 12.1. The third-order valence-corrected chi connectivity index (χ3v) is 5.42. The smallest absolute Gasteiger partial charge is 0.316 e. The minimum atomic E-state index is -0.667. The third-order valence-electron chi connectivity index (χ3n) is 5.42. The Kier molecular flexibility index (Phi) is 9.11. The van der Waals surface area contributed by atoms with Crippen LogP contribution in [0.3, 0.4) is 0 Å². The quantitative estimate of drug-likeness (QED) is 0.312. The van der Waals surface area contributed by atoms with Gasteiger partial charge >= 0.3 is 11.9 Å². The molecule has 0 fully saturated rings. The van der Waals surface area contributed by atoms with Crippen LogP contribution in [0, 0.1) is 16.2 Å². The first-order valence-electron chi connectivity index (χ1n) is 12.3. The molecule has 0 atom stereocenters. The van der Waals surface area contributed by atoms with E-state index in [1.54, 1.807) is 59.7 Å². The summed E-state index contributed by atoms with van der Waals surface area (Å²) >= 11 is 0. The Morgan fingerprint density at radius 1 is 0.583 bits per heavy atom. The topological polar surface area (TPSA) is 78.9 Å². The van der Waals surface area contributed by atoms with Crippen LogP contribution >= 0.6 is 0 Å². The van der Waals surface area contributed by atoms with Gasteiger partial charge in [-0.1, -0.05) is 32.9 Å². The molecule has 0 N–H and O–H groups in total. The molecule has 0 saturated heterocycles. The lowest BCUT2D eigenvalue weighted by Crippen LogP contribution is -2.26. The number of hydrogen-bond acceptors (Lipinski definition) is 6. The summed E-state index contributed by atoms with van der Waals surface area (Å²) in [6.45, 7) is 16.4. The maximum Gasteiger partial charge on any atom is 0.316 e. The van der Waals surface area contributed by atoms with E-state index in [4.69, 9.17) is 14.2 Å². The summed E-state index contributed by atoms with van der Waals surface area (Å²) in [6.07, 6.45) is 1.36. The van der Waals surface area contributed by atoms with Crippen molar-refractivity contribution in [1.29, 1.82) is 0 Å². The zero-order valence-corrected chi connectivity index (χ0v) is 23.1. The minimum Gasteiger partial charge on any atom is -0.486 e. The van der Waals surface area contributed by atoms with Gasteiger partial charge in [0.15, 0.2) is 5.78 Å². The van der Waals surface area contributed by atoms with Gasteiger partial charge in [0.2, 0.25) is 0 Å². The van der Waals surface area contributed by atoms with Crippen LogP contribution in [-0.2, 0) is 27.2 Å². The fourth-order valence-corrected chi connectivity index (χ4v) is 2.82. The van der Waals surface area contributed by atoms with Gasteiger partial charge in [0.05, 0.1) is 10.8 Å². The predicted molar refractivity (Wildman–Crippen MR) is 140 cm³/mol. The van der Waals surface area contributed by atoms with Gasteiger partial charge in [-0.3, -0.25) is 14.4 Å². The molecule has 0 bridgehead atoms. The van der Waals surface area contributed by atoms with Gasteiger partial charge in [0.25, 0.3) is 0 Å². The molecule has 0 aliphatic carbocycles. The van der Waals surface area contributed by atoms with Crippen LogP contribution < -0.4 is 14.2 Å². The van der Waals surface area contributed by atoms with E-state index in [2.05, 4.69) is 0 Å². The van der Waals surface area contributed by atoms with E-state index in [-0.39, 0.29) is 24.3 Å². The van der Waals surface area contributed by atoms with Gasteiger partial charge in [0.1, 0.15) is 23.9 Å². The molecule has 2 rings (SSSR count). The number of carbonyl (C=O) groups is 3. The second-order valence-corrected chi connectivity index (χ2v) is 12.2. The lowest BCUT2D eigenvalue weighted by atomic mass is 9.91. The Morgan fingerprint density at radius 2 is 1.03 bits per heavy atom. The monoisotopic (exact) mass is 496 g/mol. The van der Waals surface area contributed by atoms with E-state index < -0.39 is 16.2 Å². The lowest BCUT2D eigenvalue weighted by molar-refractivity contribution is -0.143. The zero-order chi connectivity index (χ0) is 27.3. The van der Waals surface area contributed by atoms with Gasteiger partial charge in [-0.05, 0) is 89.8 Å². The maximum absolute atomic E-state index is 12.4. The van der Waals surface area contributed by atoms with Crippen molar-refractivity contribution in [2.75, 3.05) is 6.61 Å². The first-order chi connectivity index (χ1) is 16.4. The van der Waals surface area contributed by atoms with E-state index in [0.29, 0.717) is 30.1 Å². The van der Waals surface area contributed by atoms with Crippen LogP contribution in [0.1, 0.15) is 73.4 Å². The predicted octanol–water partition coefficient (Wildman–Crippen LogP) is 6.37. The van der Waals surface area contributed by atoms with E-state index in [1.165, 1.54) is 0 Å². The molecular weight excluding hydrogens is 456 g/mol. The lowest BCUT2D eigenvalue weighted by Gasteiger charge is -2.19. The highest BCUT2D eigenvalue weighted by Gasteiger charge is 2.26. The van der Waals surface area contributed by atoms with Gasteiger partial charge in [-0.25, -0.2) is 0 Å². The fourth-order valence-electron chi connectivity index (χ4n) is 2.82. The summed E-state index contributed by atoms with van der Waals surface area (Å²) in [7, 11) is 0. The molecule has 0 aromatic heterocycles. The zero-order valence-electron chi connectivity index (χ0n) is 23.1. The Balaban J connectivity index is 2.14. The molecule has 2 aromatic carbocycles. The number of hydrogen-bond donors (Lipinski definition) is 0. The molecule has 0 saturated carbocycles. The number of Topliss-reactive ketones (excluding diaryl/α,β-unsaturated/α-hetero) is 1. The van der Waals surface area contributed by atoms with Crippen LogP contribution in [0.15, 0.2) is 42.5 Å². The van der Waals surface area contributed by atoms with Crippen molar-refractivity contribution in [3.05, 3.63) is 53.6 Å². The first-order valence-corrected chi connectivity index (χ1v) is 12.3. The Morgan fingerprint density at radius 3 is 1.44 bits per heavy atom. The highest BCUT2D eigenvalue weighted by atomic mass is 16.5. The number of ether oxygens (including phenoxy) is 3. The van der Waals surface area contributed by atoms with E-state index in [9.17, 15) is 14.4 Å². The molecule has 196 valence electrons. The molecular formula is C30H40O6. The summed E-state index contributed by atoms with van der Waals surface area (Å²) in [5.74, 6) is 0.639. The summed E-state index contributed by atoms with van der Waals surface area (Å²) in [6, 6.07) is 12.8. The highest BCUT2D eigenvalue weighted by molar-refractivity contribution is 5.85. The van der Waals surface area contributed by atoms with Crippen LogP contribution in [0.2, 0.25) is 0 Å². The standard InChI is InChI=1S/C30H40O6/c1-28(2,3)25(31)19-34-22-14-12-20(13-15-22)10-11-21-16-23(35-26(32)29(4,5)6)18-24(17-21)36-27(33)30(7,8)9/h12-18H,10-11,19H2,1-9H3. The van der Waals surface area contributed by atoms with Crippen molar-refractivity contribution in [2.24, 2.45) is 16.2 Å². The molecule has 0 heterocycles. The summed E-state index contributed by atoms with van der Waals surface area (Å²) in [5.41, 5.74) is 0.186.